The molecule has 0 radical (unpaired) electrons. The van der Waals surface area contributed by atoms with Crippen LogP contribution in [0.15, 0.2) is 23.1 Å². The molecule has 1 aromatic rings. The zero-order chi connectivity index (χ0) is 18.5. The third-order valence-corrected chi connectivity index (χ3v) is 4.98. The predicted molar refractivity (Wildman–Crippen MR) is 90.5 cm³/mol. The van der Waals surface area contributed by atoms with Crippen molar-refractivity contribution >= 4 is 27.7 Å². The quantitative estimate of drug-likeness (QED) is 0.591. The normalized spacial score (nSPS) is 11.8. The molecule has 0 aliphatic rings. The van der Waals surface area contributed by atoms with E-state index in [9.17, 15) is 18.0 Å². The highest BCUT2D eigenvalue weighted by atomic mass is 32.2. The zero-order valence-corrected chi connectivity index (χ0v) is 15.0. The third-order valence-electron chi connectivity index (χ3n) is 3.42. The first-order valence-electron chi connectivity index (χ1n) is 7.32. The number of hydrogen-bond acceptors (Lipinski definition) is 4. The van der Waals surface area contributed by atoms with Gasteiger partial charge in [0.25, 0.3) is 0 Å². The number of amides is 2. The smallest absolute Gasteiger partial charge is 0.319 e. The number of carboxylic acids is 1. The van der Waals surface area contributed by atoms with Crippen LogP contribution in [0.4, 0.5) is 10.5 Å². The second-order valence-corrected chi connectivity index (χ2v) is 7.90. The van der Waals surface area contributed by atoms with Crippen molar-refractivity contribution in [2.75, 3.05) is 12.4 Å². The van der Waals surface area contributed by atoms with Crippen LogP contribution in [0.5, 0.6) is 0 Å². The number of benzene rings is 1. The molecule has 0 bridgehead atoms. The molecule has 9 heteroatoms. The van der Waals surface area contributed by atoms with Crippen molar-refractivity contribution in [2.24, 2.45) is 0 Å². The zero-order valence-electron chi connectivity index (χ0n) is 14.1. The van der Waals surface area contributed by atoms with Crippen molar-refractivity contribution in [3.63, 3.8) is 0 Å². The number of carbonyl (C=O) groups is 2. The highest BCUT2D eigenvalue weighted by Crippen LogP contribution is 2.20. The van der Waals surface area contributed by atoms with Crippen LogP contribution in [0, 0.1) is 6.92 Å². The predicted octanol–water partition coefficient (Wildman–Crippen LogP) is 1.67. The van der Waals surface area contributed by atoms with Crippen LogP contribution in [-0.2, 0) is 14.8 Å². The Hall–Kier alpha value is -2.13. The van der Waals surface area contributed by atoms with E-state index < -0.39 is 27.6 Å². The minimum atomic E-state index is -3.63. The van der Waals surface area contributed by atoms with Crippen molar-refractivity contribution in [1.29, 1.82) is 0 Å². The topological polar surface area (TPSA) is 125 Å². The summed E-state index contributed by atoms with van der Waals surface area (Å²) >= 11 is 0. The molecule has 2 amide bonds. The largest absolute Gasteiger partial charge is 0.481 e. The van der Waals surface area contributed by atoms with E-state index >= 15 is 0 Å². The van der Waals surface area contributed by atoms with Gasteiger partial charge in [0.2, 0.25) is 10.0 Å². The minimum Gasteiger partial charge on any atom is -0.481 e. The van der Waals surface area contributed by atoms with Crippen molar-refractivity contribution in [3.8, 4) is 0 Å². The maximum absolute atomic E-state index is 12.1. The first kappa shape index (κ1) is 19.9. The summed E-state index contributed by atoms with van der Waals surface area (Å²) in [6.07, 6.45) is 0.200. The fraction of sp³-hybridized carbons (Fsp3) is 0.467. The van der Waals surface area contributed by atoms with Gasteiger partial charge in [-0.15, -0.1) is 0 Å². The van der Waals surface area contributed by atoms with Gasteiger partial charge >= 0.3 is 12.0 Å². The standard InChI is InChI=1S/C15H23N3O5S/c1-10-5-6-11(9-12(10)24(22,23)16-4)17-14(21)18-15(2,3)8-7-13(19)20/h5-6,9,16H,7-8H2,1-4H3,(H,19,20)(H2,17,18,21). The van der Waals surface area contributed by atoms with E-state index in [-0.39, 0.29) is 17.7 Å². The molecule has 0 saturated heterocycles. The second kappa shape index (κ2) is 7.63. The number of aliphatic carboxylic acids is 1. The Labute approximate surface area is 141 Å². The summed E-state index contributed by atoms with van der Waals surface area (Å²) in [5.41, 5.74) is 0.158. The monoisotopic (exact) mass is 357 g/mol. The van der Waals surface area contributed by atoms with E-state index in [0.717, 1.165) is 0 Å². The number of sulfonamides is 1. The lowest BCUT2D eigenvalue weighted by atomic mass is 9.99. The summed E-state index contributed by atoms with van der Waals surface area (Å²) in [4.78, 5) is 22.8. The molecule has 134 valence electrons. The molecule has 0 unspecified atom stereocenters. The average Bonchev–Trinajstić information content (AvgIpc) is 2.46. The van der Waals surface area contributed by atoms with Gasteiger partial charge in [-0.1, -0.05) is 6.07 Å². The van der Waals surface area contributed by atoms with Gasteiger partial charge in [0.15, 0.2) is 0 Å². The van der Waals surface area contributed by atoms with Gasteiger partial charge in [0.1, 0.15) is 0 Å². The van der Waals surface area contributed by atoms with E-state index in [0.29, 0.717) is 11.3 Å². The summed E-state index contributed by atoms with van der Waals surface area (Å²) < 4.78 is 26.1. The summed E-state index contributed by atoms with van der Waals surface area (Å²) in [6.45, 7) is 5.08. The maximum atomic E-state index is 12.1. The number of rotatable bonds is 7. The highest BCUT2D eigenvalue weighted by Gasteiger charge is 2.22. The molecule has 0 aliphatic heterocycles. The SMILES string of the molecule is CNS(=O)(=O)c1cc(NC(=O)NC(C)(C)CCC(=O)O)ccc1C. The number of nitrogens with one attached hydrogen (secondary N) is 3. The molecule has 0 fully saturated rings. The number of hydrogen-bond donors (Lipinski definition) is 4. The van der Waals surface area contributed by atoms with E-state index in [4.69, 9.17) is 5.11 Å². The van der Waals surface area contributed by atoms with Gasteiger partial charge in [-0.25, -0.2) is 17.9 Å². The van der Waals surface area contributed by atoms with Gasteiger partial charge in [0, 0.05) is 17.6 Å². The van der Waals surface area contributed by atoms with Crippen LogP contribution in [0.25, 0.3) is 0 Å². The first-order valence-corrected chi connectivity index (χ1v) is 8.80. The van der Waals surface area contributed by atoms with E-state index in [1.165, 1.54) is 13.1 Å². The van der Waals surface area contributed by atoms with Crippen LogP contribution in [0.2, 0.25) is 0 Å². The first-order chi connectivity index (χ1) is 11.0. The van der Waals surface area contributed by atoms with Crippen molar-refractivity contribution < 1.29 is 23.1 Å². The number of anilines is 1. The van der Waals surface area contributed by atoms with Gasteiger partial charge in [-0.05, 0) is 51.9 Å². The second-order valence-electron chi connectivity index (χ2n) is 6.04. The summed E-state index contributed by atoms with van der Waals surface area (Å²) in [7, 11) is -2.32. The molecular weight excluding hydrogens is 334 g/mol. The molecule has 0 aromatic heterocycles. The van der Waals surface area contributed by atoms with Gasteiger partial charge in [-0.3, -0.25) is 4.79 Å². The van der Waals surface area contributed by atoms with E-state index in [1.807, 2.05) is 0 Å². The highest BCUT2D eigenvalue weighted by molar-refractivity contribution is 7.89. The molecular formula is C15H23N3O5S. The molecule has 8 nitrogen and oxygen atoms in total. The van der Waals surface area contributed by atoms with Crippen LogP contribution in [0.3, 0.4) is 0 Å². The van der Waals surface area contributed by atoms with Crippen LogP contribution < -0.4 is 15.4 Å². The van der Waals surface area contributed by atoms with Gasteiger partial charge in [0.05, 0.1) is 4.90 Å². The van der Waals surface area contributed by atoms with E-state index in [2.05, 4.69) is 15.4 Å². The molecule has 0 heterocycles. The van der Waals surface area contributed by atoms with Crippen LogP contribution in [0.1, 0.15) is 32.3 Å². The Kier molecular flexibility index (Phi) is 6.33. The van der Waals surface area contributed by atoms with Gasteiger partial charge < -0.3 is 15.7 Å². The number of urea groups is 1. The molecule has 0 saturated carbocycles. The Morgan fingerprint density at radius 3 is 2.42 bits per heavy atom. The number of carbonyl (C=O) groups excluding carboxylic acids is 1. The third kappa shape index (κ3) is 5.82. The van der Waals surface area contributed by atoms with Crippen LogP contribution >= 0.6 is 0 Å². The molecule has 1 aromatic carbocycles. The van der Waals surface area contributed by atoms with Crippen LogP contribution in [-0.4, -0.2) is 38.1 Å². The van der Waals surface area contributed by atoms with Gasteiger partial charge in [-0.2, -0.15) is 0 Å². The lowest BCUT2D eigenvalue weighted by Crippen LogP contribution is -2.45. The summed E-state index contributed by atoms with van der Waals surface area (Å²) in [5.74, 6) is -0.939. The fourth-order valence-electron chi connectivity index (χ4n) is 2.03. The molecule has 0 atom stereocenters. The molecule has 4 N–H and O–H groups in total. The molecule has 0 aliphatic carbocycles. The summed E-state index contributed by atoms with van der Waals surface area (Å²) in [5, 5.41) is 13.9. The Bertz CT molecular complexity index is 729. The Morgan fingerprint density at radius 2 is 1.88 bits per heavy atom. The molecule has 0 spiro atoms. The van der Waals surface area contributed by atoms with Crippen molar-refractivity contribution in [1.82, 2.24) is 10.0 Å². The fourth-order valence-corrected chi connectivity index (χ4v) is 3.02. The maximum Gasteiger partial charge on any atom is 0.319 e. The Morgan fingerprint density at radius 1 is 1.25 bits per heavy atom. The Balaban J connectivity index is 2.85. The van der Waals surface area contributed by atoms with Crippen molar-refractivity contribution in [2.45, 2.75) is 44.0 Å². The summed E-state index contributed by atoms with van der Waals surface area (Å²) in [6, 6.07) is 4.01. The minimum absolute atomic E-state index is 0.0671. The lowest BCUT2D eigenvalue weighted by Gasteiger charge is -2.25. The van der Waals surface area contributed by atoms with Crippen molar-refractivity contribution in [3.05, 3.63) is 23.8 Å². The van der Waals surface area contributed by atoms with E-state index in [1.54, 1.807) is 32.9 Å². The average molecular weight is 357 g/mol. The molecule has 1 rings (SSSR count). The number of carboxylic acid groups (broad SMARTS) is 1. The number of aryl methyl sites for hydroxylation is 1. The molecule has 24 heavy (non-hydrogen) atoms. The lowest BCUT2D eigenvalue weighted by molar-refractivity contribution is -0.137.